The van der Waals surface area contributed by atoms with Crippen LogP contribution in [0.4, 0.5) is 0 Å². The Labute approximate surface area is 342 Å². The summed E-state index contributed by atoms with van der Waals surface area (Å²) in [7, 11) is 0. The van der Waals surface area contributed by atoms with Crippen molar-refractivity contribution in [2.75, 3.05) is 0 Å². The Bertz CT molecular complexity index is 1260. The van der Waals surface area contributed by atoms with Crippen molar-refractivity contribution in [2.24, 2.45) is 0 Å². The van der Waals surface area contributed by atoms with Gasteiger partial charge in [0.1, 0.15) is 30.5 Å². The fourth-order valence-electron chi connectivity index (χ4n) is 8.60. The molecule has 0 N–H and O–H groups in total. The van der Waals surface area contributed by atoms with E-state index in [-0.39, 0.29) is 66.6 Å². The highest BCUT2D eigenvalue weighted by molar-refractivity contribution is 5.91. The summed E-state index contributed by atoms with van der Waals surface area (Å²) in [4.78, 5) is 60.3. The molecule has 9 atom stereocenters. The van der Waals surface area contributed by atoms with E-state index in [0.717, 1.165) is 57.8 Å². The molecule has 0 saturated carbocycles. The first-order chi connectivity index (χ1) is 27.3. The molecule has 3 heterocycles. The molecule has 3 rings (SSSR count). The van der Waals surface area contributed by atoms with Crippen molar-refractivity contribution >= 4 is 29.8 Å². The van der Waals surface area contributed by atoms with Crippen molar-refractivity contribution in [3.8, 4) is 0 Å². The first-order valence-electron chi connectivity index (χ1n) is 22.3. The summed E-state index contributed by atoms with van der Waals surface area (Å²) in [6.45, 7) is 9.65. The fraction of sp³-hybridized carbons (Fsp3) is 0.844. The predicted molar refractivity (Wildman–Crippen MR) is 215 cm³/mol. The van der Waals surface area contributed by atoms with Crippen LogP contribution < -0.4 is 0 Å². The summed E-state index contributed by atoms with van der Waals surface area (Å²) in [5.74, 6) is -1.82. The number of ether oxygens (including phenoxy) is 7. The van der Waals surface area contributed by atoms with Gasteiger partial charge < -0.3 is 33.2 Å². The second kappa shape index (κ2) is 26.9. The molecule has 0 aliphatic carbocycles. The van der Waals surface area contributed by atoms with Gasteiger partial charge in [0.05, 0.1) is 24.4 Å². The summed E-state index contributed by atoms with van der Waals surface area (Å²) < 4.78 is 41.0. The lowest BCUT2D eigenvalue weighted by Gasteiger charge is -2.29. The van der Waals surface area contributed by atoms with Crippen LogP contribution in [0.15, 0.2) is 11.6 Å². The van der Waals surface area contributed by atoms with Crippen LogP contribution in [-0.4, -0.2) is 84.8 Å². The van der Waals surface area contributed by atoms with Crippen LogP contribution in [0.25, 0.3) is 0 Å². The molecule has 3 aliphatic heterocycles. The normalized spacial score (nSPS) is 23.9. The number of cyclic esters (lactones) is 1. The third-order valence-electron chi connectivity index (χ3n) is 11.3. The number of carbonyl (C=O) groups is 5. The lowest BCUT2D eigenvalue weighted by Crippen LogP contribution is -2.37. The Morgan fingerprint density at radius 2 is 1.05 bits per heavy atom. The summed E-state index contributed by atoms with van der Waals surface area (Å²) >= 11 is 0. The molecule has 12 nitrogen and oxygen atoms in total. The summed E-state index contributed by atoms with van der Waals surface area (Å²) in [5.41, 5.74) is 0.559. The van der Waals surface area contributed by atoms with Crippen molar-refractivity contribution < 1.29 is 57.1 Å². The maximum Gasteiger partial charge on any atom is 0.334 e. The van der Waals surface area contributed by atoms with Gasteiger partial charge in [-0.2, -0.15) is 0 Å². The molecule has 326 valence electrons. The highest BCUT2D eigenvalue weighted by atomic mass is 16.6. The van der Waals surface area contributed by atoms with Gasteiger partial charge >= 0.3 is 29.8 Å². The Morgan fingerprint density at radius 3 is 1.56 bits per heavy atom. The predicted octanol–water partition coefficient (Wildman–Crippen LogP) is 9.11. The van der Waals surface area contributed by atoms with Crippen molar-refractivity contribution in [3.63, 3.8) is 0 Å². The minimum atomic E-state index is -0.534. The Kier molecular flexibility index (Phi) is 22.8. The van der Waals surface area contributed by atoms with Gasteiger partial charge in [0.2, 0.25) is 0 Å². The van der Waals surface area contributed by atoms with Crippen LogP contribution in [0.5, 0.6) is 0 Å². The highest BCUT2D eigenvalue weighted by Gasteiger charge is 2.40. The number of hydrogen-bond donors (Lipinski definition) is 0. The molecule has 0 amide bonds. The minimum absolute atomic E-state index is 0.0363. The molecule has 12 heteroatoms. The van der Waals surface area contributed by atoms with E-state index in [1.807, 2.05) is 0 Å². The molecule has 0 aromatic heterocycles. The molecule has 0 aromatic carbocycles. The fourth-order valence-corrected chi connectivity index (χ4v) is 8.60. The maximum absolute atomic E-state index is 12.2. The summed E-state index contributed by atoms with van der Waals surface area (Å²) in [6, 6.07) is 0. The average Bonchev–Trinajstić information content (AvgIpc) is 3.89. The topological polar surface area (TPSA) is 150 Å². The second-order valence-electron chi connectivity index (χ2n) is 16.5. The van der Waals surface area contributed by atoms with Gasteiger partial charge in [-0.15, -0.1) is 0 Å². The van der Waals surface area contributed by atoms with Gasteiger partial charge in [-0.25, -0.2) is 4.79 Å². The van der Waals surface area contributed by atoms with E-state index in [9.17, 15) is 24.0 Å². The summed E-state index contributed by atoms with van der Waals surface area (Å²) in [6.07, 6.45) is 20.4. The van der Waals surface area contributed by atoms with E-state index in [1.165, 1.54) is 79.1 Å². The molecular formula is C45H74O12. The smallest absolute Gasteiger partial charge is 0.334 e. The molecule has 57 heavy (non-hydrogen) atoms. The van der Waals surface area contributed by atoms with Gasteiger partial charge in [0, 0.05) is 39.7 Å². The molecular weight excluding hydrogens is 732 g/mol. The van der Waals surface area contributed by atoms with E-state index in [1.54, 1.807) is 13.0 Å². The SMILES string of the molecule is CCCCCCCCCCCC[C@@H](OC(C)=O)[C@H]1CC[C@H]([C@@H](CC[C@H](OC(C)=O)[C@@H]2CC[C@@H](CCCCC[C@H](CC3=C[C@H](C)OC3=O)OC(C)=O)O2)OC(C)=O)O1. The van der Waals surface area contributed by atoms with Gasteiger partial charge in [-0.05, 0) is 83.6 Å². The molecule has 0 aromatic rings. The van der Waals surface area contributed by atoms with Crippen LogP contribution in [0, 0.1) is 0 Å². The van der Waals surface area contributed by atoms with Crippen LogP contribution in [0.2, 0.25) is 0 Å². The van der Waals surface area contributed by atoms with E-state index in [0.29, 0.717) is 44.1 Å². The van der Waals surface area contributed by atoms with E-state index >= 15 is 0 Å². The van der Waals surface area contributed by atoms with E-state index in [2.05, 4.69) is 6.92 Å². The van der Waals surface area contributed by atoms with Crippen LogP contribution in [-0.2, 0) is 57.1 Å². The Hall–Kier alpha value is -2.99. The van der Waals surface area contributed by atoms with Gasteiger partial charge in [-0.3, -0.25) is 19.2 Å². The highest BCUT2D eigenvalue weighted by Crippen LogP contribution is 2.34. The molecule has 0 bridgehead atoms. The molecule has 0 spiro atoms. The zero-order valence-corrected chi connectivity index (χ0v) is 35.9. The zero-order chi connectivity index (χ0) is 41.6. The Balaban J connectivity index is 1.45. The average molecular weight is 807 g/mol. The first kappa shape index (κ1) is 48.4. The van der Waals surface area contributed by atoms with Crippen molar-refractivity contribution in [1.29, 1.82) is 0 Å². The molecule has 2 fully saturated rings. The van der Waals surface area contributed by atoms with Gasteiger partial charge in [-0.1, -0.05) is 77.6 Å². The number of unbranched alkanes of at least 4 members (excludes halogenated alkanes) is 11. The third-order valence-corrected chi connectivity index (χ3v) is 11.3. The van der Waals surface area contributed by atoms with Crippen LogP contribution in [0.1, 0.15) is 189 Å². The molecule has 3 aliphatic rings. The van der Waals surface area contributed by atoms with E-state index in [4.69, 9.17) is 33.2 Å². The summed E-state index contributed by atoms with van der Waals surface area (Å²) in [5, 5.41) is 0. The van der Waals surface area contributed by atoms with Gasteiger partial charge in [0.25, 0.3) is 0 Å². The molecule has 2 saturated heterocycles. The monoisotopic (exact) mass is 807 g/mol. The largest absolute Gasteiger partial charge is 0.462 e. The molecule has 0 unspecified atom stereocenters. The number of esters is 5. The number of rotatable bonds is 29. The van der Waals surface area contributed by atoms with Crippen LogP contribution >= 0.6 is 0 Å². The van der Waals surface area contributed by atoms with Crippen molar-refractivity contribution in [2.45, 2.75) is 244 Å². The molecule has 0 radical (unpaired) electrons. The van der Waals surface area contributed by atoms with Crippen LogP contribution in [0.3, 0.4) is 0 Å². The number of hydrogen-bond acceptors (Lipinski definition) is 12. The standard InChI is InChI=1S/C45H74O12/c1-7-8-9-10-11-12-13-14-15-19-22-39(53-33(4)47)43-27-28-44(57-43)41(55-35(6)49)26-25-40(54-34(5)48)42-24-23-37(56-42)20-17-16-18-21-38(52-32(3)46)30-36-29-31(2)51-45(36)50/h29,31,37-44H,7-28,30H2,1-6H3/t31-,37+,38+,39+,40-,41+,42-,43+,44+/m0/s1. The lowest BCUT2D eigenvalue weighted by atomic mass is 9.98. The second-order valence-corrected chi connectivity index (χ2v) is 16.5. The maximum atomic E-state index is 12.2. The zero-order valence-electron chi connectivity index (χ0n) is 35.9. The van der Waals surface area contributed by atoms with Crippen molar-refractivity contribution in [3.05, 3.63) is 11.6 Å². The lowest BCUT2D eigenvalue weighted by molar-refractivity contribution is -0.167. The quantitative estimate of drug-likeness (QED) is 0.0403. The van der Waals surface area contributed by atoms with E-state index < -0.39 is 18.2 Å². The van der Waals surface area contributed by atoms with Crippen molar-refractivity contribution in [1.82, 2.24) is 0 Å². The first-order valence-corrected chi connectivity index (χ1v) is 22.3. The Morgan fingerprint density at radius 1 is 0.596 bits per heavy atom. The van der Waals surface area contributed by atoms with Gasteiger partial charge in [0.15, 0.2) is 0 Å². The minimum Gasteiger partial charge on any atom is -0.462 e. The number of carbonyl (C=O) groups excluding carboxylic acids is 5. The third kappa shape index (κ3) is 19.5.